The van der Waals surface area contributed by atoms with Crippen molar-refractivity contribution in [2.45, 2.75) is 89.1 Å². The second kappa shape index (κ2) is 11.7. The van der Waals surface area contributed by atoms with E-state index in [-0.39, 0.29) is 32.2 Å². The Hall–Kier alpha value is -2.85. The molecular weight excluding hydrogens is 598 g/mol. The molecule has 3 heterocycles. The Bertz CT molecular complexity index is 1250. The summed E-state index contributed by atoms with van der Waals surface area (Å²) < 4.78 is 107. The minimum atomic E-state index is -5.36. The number of alkyl halides is 5. The number of fused-ring (bicyclic) bond motifs is 3. The molecule has 1 unspecified atom stereocenters. The number of nitrogens with zero attached hydrogens (tertiary/aromatic N) is 1. The number of hydrogen-bond donors (Lipinski definition) is 3. The highest BCUT2D eigenvalue weighted by molar-refractivity contribution is 7.94. The van der Waals surface area contributed by atoms with Crippen molar-refractivity contribution in [1.29, 1.82) is 0 Å². The van der Waals surface area contributed by atoms with Crippen molar-refractivity contribution >= 4 is 33.5 Å². The zero-order chi connectivity index (χ0) is 32.0. The second-order valence-corrected chi connectivity index (χ2v) is 14.1. The SMILES string of the molecule is CC(C)(C)C(NC(=O)C(F)(F)F)C(=O)N1[C@H]2CC[C@@H]([C@H]1C(=O)N[C@H](/C=C(\F)S(C)(=O)=O)C[C@@H]1CCNC1=O)C(F)(F)C2. The average molecular weight is 633 g/mol. The minimum absolute atomic E-state index is 0.00808. The van der Waals surface area contributed by atoms with Gasteiger partial charge in [0.25, 0.3) is 5.92 Å². The van der Waals surface area contributed by atoms with Gasteiger partial charge in [0.2, 0.25) is 32.7 Å². The predicted octanol–water partition coefficient (Wildman–Crippen LogP) is 1.96. The van der Waals surface area contributed by atoms with Gasteiger partial charge in [0.15, 0.2) is 0 Å². The third kappa shape index (κ3) is 7.37. The van der Waals surface area contributed by atoms with Crippen LogP contribution < -0.4 is 16.0 Å². The number of amides is 4. The van der Waals surface area contributed by atoms with Crippen molar-refractivity contribution in [3.8, 4) is 0 Å². The van der Waals surface area contributed by atoms with E-state index in [4.69, 9.17) is 0 Å². The Morgan fingerprint density at radius 3 is 2.21 bits per heavy atom. The molecular formula is C25H34F6N4O6S. The van der Waals surface area contributed by atoms with E-state index in [1.165, 1.54) is 20.8 Å². The first-order valence-electron chi connectivity index (χ1n) is 13.3. The van der Waals surface area contributed by atoms with Crippen LogP contribution in [-0.4, -0.2) is 86.0 Å². The zero-order valence-electron chi connectivity index (χ0n) is 23.4. The van der Waals surface area contributed by atoms with Gasteiger partial charge in [0.1, 0.15) is 12.1 Å². The zero-order valence-corrected chi connectivity index (χ0v) is 24.2. The maximum atomic E-state index is 15.1. The number of rotatable bonds is 8. The lowest BCUT2D eigenvalue weighted by atomic mass is 9.70. The molecule has 10 nitrogen and oxygen atoms in total. The van der Waals surface area contributed by atoms with Crippen LogP contribution in [0.4, 0.5) is 26.3 Å². The topological polar surface area (TPSA) is 142 Å². The number of piperidine rings is 2. The molecule has 4 amide bonds. The predicted molar refractivity (Wildman–Crippen MR) is 136 cm³/mol. The van der Waals surface area contributed by atoms with Gasteiger partial charge in [-0.2, -0.15) is 17.6 Å². The van der Waals surface area contributed by atoms with Crippen molar-refractivity contribution in [2.75, 3.05) is 12.8 Å². The lowest BCUT2D eigenvalue weighted by Crippen LogP contribution is -2.71. The highest BCUT2D eigenvalue weighted by atomic mass is 32.2. The van der Waals surface area contributed by atoms with Gasteiger partial charge in [-0.1, -0.05) is 20.8 Å². The highest BCUT2D eigenvalue weighted by Crippen LogP contribution is 2.49. The van der Waals surface area contributed by atoms with Gasteiger partial charge < -0.3 is 20.9 Å². The van der Waals surface area contributed by atoms with Crippen molar-refractivity contribution in [3.05, 3.63) is 11.2 Å². The molecule has 0 aromatic rings. The summed E-state index contributed by atoms with van der Waals surface area (Å²) >= 11 is 0. The van der Waals surface area contributed by atoms with Gasteiger partial charge in [-0.3, -0.25) is 19.2 Å². The van der Waals surface area contributed by atoms with E-state index in [0.29, 0.717) is 12.3 Å². The molecule has 0 radical (unpaired) electrons. The van der Waals surface area contributed by atoms with E-state index in [9.17, 15) is 45.2 Å². The first-order chi connectivity index (χ1) is 19.0. The quantitative estimate of drug-likeness (QED) is 0.350. The van der Waals surface area contributed by atoms with Crippen molar-refractivity contribution in [3.63, 3.8) is 0 Å². The Balaban J connectivity index is 2.00. The maximum absolute atomic E-state index is 15.1. The summed E-state index contributed by atoms with van der Waals surface area (Å²) in [6.07, 6.45) is -5.38. The molecule has 0 aromatic heterocycles. The van der Waals surface area contributed by atoms with Crippen LogP contribution in [0.25, 0.3) is 0 Å². The summed E-state index contributed by atoms with van der Waals surface area (Å²) in [5.74, 6) is -11.3. The maximum Gasteiger partial charge on any atom is 0.471 e. The molecule has 0 aromatic carbocycles. The van der Waals surface area contributed by atoms with Crippen molar-refractivity contribution in [1.82, 2.24) is 20.9 Å². The molecule has 4 rings (SSSR count). The normalized spacial score (nSPS) is 27.7. The monoisotopic (exact) mass is 632 g/mol. The Labute approximate surface area is 238 Å². The summed E-state index contributed by atoms with van der Waals surface area (Å²) in [5.41, 5.74) is -1.35. The van der Waals surface area contributed by atoms with E-state index < -0.39 is 98.6 Å². The van der Waals surface area contributed by atoms with Gasteiger partial charge in [0, 0.05) is 31.2 Å². The smallest absolute Gasteiger partial charge is 0.356 e. The van der Waals surface area contributed by atoms with E-state index in [0.717, 1.165) is 4.90 Å². The standard InChI is InChI=1S/C25H34F6N4O6S/c1-23(2,3)18(34-22(39)25(29,30)31)21(38)35-14-5-6-15(24(27,28)11-14)17(35)20(37)33-13(10-16(26)42(4,40)41)9-12-7-8-32-19(12)36/h10,12-15,17-18H,5-9,11H2,1-4H3,(H,32,36)(H,33,37)(H,34,39)/b16-10+/t12-,13-,14-,15-,17-,18?/m0/s1. The number of carbonyl (C=O) groups excluding carboxylic acids is 4. The van der Waals surface area contributed by atoms with E-state index in [1.54, 1.807) is 5.32 Å². The molecule has 2 bridgehead atoms. The fourth-order valence-corrected chi connectivity index (χ4v) is 6.14. The fraction of sp³-hybridized carbons (Fsp3) is 0.760. The van der Waals surface area contributed by atoms with Gasteiger partial charge >= 0.3 is 12.1 Å². The van der Waals surface area contributed by atoms with E-state index in [1.807, 2.05) is 0 Å². The van der Waals surface area contributed by atoms with Crippen LogP contribution in [-0.2, 0) is 29.0 Å². The molecule has 4 aliphatic rings. The lowest BCUT2D eigenvalue weighted by molar-refractivity contribution is -0.197. The lowest BCUT2D eigenvalue weighted by Gasteiger charge is -2.55. The summed E-state index contributed by atoms with van der Waals surface area (Å²) in [6, 6.07) is -6.56. The van der Waals surface area contributed by atoms with Crippen molar-refractivity contribution < 1.29 is 53.9 Å². The summed E-state index contributed by atoms with van der Waals surface area (Å²) in [5, 5.41) is 4.81. The molecule has 17 heteroatoms. The molecule has 3 aliphatic heterocycles. The molecule has 4 fully saturated rings. The molecule has 1 saturated carbocycles. The number of sulfone groups is 1. The molecule has 42 heavy (non-hydrogen) atoms. The summed E-state index contributed by atoms with van der Waals surface area (Å²) in [4.78, 5) is 52.0. The highest BCUT2D eigenvalue weighted by Gasteiger charge is 2.61. The van der Waals surface area contributed by atoms with Gasteiger partial charge in [0.05, 0.1) is 12.0 Å². The number of nitrogens with one attached hydrogen (secondary N) is 3. The van der Waals surface area contributed by atoms with Crippen LogP contribution in [0.3, 0.4) is 0 Å². The average Bonchev–Trinajstić information content (AvgIpc) is 3.22. The largest absolute Gasteiger partial charge is 0.471 e. The van der Waals surface area contributed by atoms with Crippen LogP contribution in [0.1, 0.15) is 52.9 Å². The molecule has 6 atom stereocenters. The second-order valence-electron chi connectivity index (χ2n) is 12.1. The number of halogens is 6. The van der Waals surface area contributed by atoms with E-state index in [2.05, 4.69) is 10.6 Å². The minimum Gasteiger partial charge on any atom is -0.356 e. The number of hydrogen-bond acceptors (Lipinski definition) is 6. The molecule has 0 spiro atoms. The number of carbonyl (C=O) groups is 4. The third-order valence-corrected chi connectivity index (χ3v) is 8.66. The van der Waals surface area contributed by atoms with Crippen molar-refractivity contribution in [2.24, 2.45) is 17.3 Å². The van der Waals surface area contributed by atoms with Gasteiger partial charge in [-0.15, -0.1) is 0 Å². The first-order valence-corrected chi connectivity index (χ1v) is 15.2. The summed E-state index contributed by atoms with van der Waals surface area (Å²) in [6.45, 7) is 4.31. The molecule has 3 saturated heterocycles. The third-order valence-electron chi connectivity index (χ3n) is 7.82. The first kappa shape index (κ1) is 33.6. The van der Waals surface area contributed by atoms with Crippen LogP contribution >= 0.6 is 0 Å². The van der Waals surface area contributed by atoms with E-state index >= 15 is 8.78 Å². The molecule has 238 valence electrons. The summed E-state index contributed by atoms with van der Waals surface area (Å²) in [7, 11) is -4.38. The van der Waals surface area contributed by atoms with Crippen LogP contribution in [0, 0.1) is 17.3 Å². The Kier molecular flexibility index (Phi) is 9.36. The van der Waals surface area contributed by atoms with Gasteiger partial charge in [-0.25, -0.2) is 17.2 Å². The Morgan fingerprint density at radius 1 is 1.12 bits per heavy atom. The molecule has 3 N–H and O–H groups in total. The van der Waals surface area contributed by atoms with Crippen LogP contribution in [0.5, 0.6) is 0 Å². The molecule has 1 aliphatic carbocycles. The van der Waals surface area contributed by atoms with Gasteiger partial charge in [-0.05, 0) is 37.2 Å². The fourth-order valence-electron chi connectivity index (χ4n) is 5.73. The van der Waals surface area contributed by atoms with Crippen LogP contribution in [0.2, 0.25) is 0 Å². The van der Waals surface area contributed by atoms with Crippen LogP contribution in [0.15, 0.2) is 11.2 Å². The Morgan fingerprint density at radius 2 is 1.74 bits per heavy atom.